The van der Waals surface area contributed by atoms with Gasteiger partial charge < -0.3 is 14.0 Å². The van der Waals surface area contributed by atoms with Crippen LogP contribution in [0.1, 0.15) is 32.2 Å². The van der Waals surface area contributed by atoms with Crippen molar-refractivity contribution in [1.29, 1.82) is 0 Å². The molecule has 0 unspecified atom stereocenters. The molecule has 9 aromatic carbocycles. The van der Waals surface area contributed by atoms with Gasteiger partial charge in [-0.3, -0.25) is 14.4 Å². The van der Waals surface area contributed by atoms with Crippen molar-refractivity contribution in [3.63, 3.8) is 0 Å². The fourth-order valence-corrected chi connectivity index (χ4v) is 12.1. The van der Waals surface area contributed by atoms with E-state index >= 15 is 0 Å². The van der Waals surface area contributed by atoms with Crippen molar-refractivity contribution in [3.8, 4) is 61.8 Å². The third-order valence-electron chi connectivity index (χ3n) is 14.2. The smallest absolute Gasteiger partial charge is 0.124 e. The largest absolute Gasteiger partial charge is 0.500 e. The Morgan fingerprint density at radius 3 is 1.88 bits per heavy atom. The number of aromatic nitrogens is 4. The molecule has 0 bridgehead atoms. The first-order valence-electron chi connectivity index (χ1n) is 25.9. The molecule has 0 amide bonds. The van der Waals surface area contributed by atoms with Crippen LogP contribution in [0.3, 0.4) is 0 Å². The van der Waals surface area contributed by atoms with E-state index in [2.05, 4.69) is 200 Å². The molecule has 76 heavy (non-hydrogen) atoms. The number of hydrogen-bond acceptors (Lipinski definition) is 4. The molecule has 5 nitrogen and oxygen atoms in total. The van der Waals surface area contributed by atoms with Crippen molar-refractivity contribution in [2.24, 2.45) is 0 Å². The molecule has 0 N–H and O–H groups in total. The molecule has 8 heteroatoms. The summed E-state index contributed by atoms with van der Waals surface area (Å²) in [4.78, 5) is 15.1. The zero-order valence-electron chi connectivity index (χ0n) is 44.0. The Morgan fingerprint density at radius 1 is 0.605 bits per heavy atom. The van der Waals surface area contributed by atoms with Crippen LogP contribution in [0.25, 0.3) is 116 Å². The van der Waals surface area contributed by atoms with Gasteiger partial charge in [-0.1, -0.05) is 215 Å². The van der Waals surface area contributed by atoms with Crippen molar-refractivity contribution < 1.29 is 30.3 Å². The zero-order chi connectivity index (χ0) is 52.3. The summed E-state index contributed by atoms with van der Waals surface area (Å²) in [5.41, 5.74) is 15.3. The third-order valence-corrected chi connectivity index (χ3v) is 16.2. The minimum atomic E-state index is -1.57. The van der Waals surface area contributed by atoms with E-state index in [0.717, 1.165) is 117 Å². The van der Waals surface area contributed by atoms with Gasteiger partial charge in [0.2, 0.25) is 0 Å². The second-order valence-electron chi connectivity index (χ2n) is 20.4. The fourth-order valence-electron chi connectivity index (χ4n) is 10.5. The number of benzene rings is 9. The van der Waals surface area contributed by atoms with E-state index in [1.165, 1.54) is 28.1 Å². The van der Waals surface area contributed by atoms with E-state index in [-0.39, 0.29) is 25.9 Å². The van der Waals surface area contributed by atoms with Gasteiger partial charge in [-0.2, -0.15) is 0 Å². The number of aryl methyl sites for hydroxylation is 1. The first kappa shape index (κ1) is 48.8. The van der Waals surface area contributed by atoms with Gasteiger partial charge in [0.25, 0.3) is 0 Å². The summed E-state index contributed by atoms with van der Waals surface area (Å²) in [5, 5.41) is 7.77. The molecular formula is C68H53FIrN4OSi-2. The molecule has 0 aliphatic rings. The normalized spacial score (nSPS) is 12.0. The van der Waals surface area contributed by atoms with E-state index in [1.807, 2.05) is 50.5 Å². The van der Waals surface area contributed by atoms with Crippen LogP contribution in [0.5, 0.6) is 0 Å². The molecule has 373 valence electrons. The van der Waals surface area contributed by atoms with Crippen LogP contribution < -0.4 is 5.19 Å². The summed E-state index contributed by atoms with van der Waals surface area (Å²) in [6.45, 7) is 12.7. The molecule has 0 fully saturated rings. The minimum Gasteiger partial charge on any atom is -0.500 e. The van der Waals surface area contributed by atoms with Crippen LogP contribution >= 0.6 is 0 Å². The second kappa shape index (κ2) is 20.5. The van der Waals surface area contributed by atoms with Gasteiger partial charge >= 0.3 is 0 Å². The maximum absolute atomic E-state index is 13.0. The van der Waals surface area contributed by atoms with Gasteiger partial charge in [0.15, 0.2) is 0 Å². The number of fused-ring (bicyclic) bond motifs is 9. The summed E-state index contributed by atoms with van der Waals surface area (Å²) in [6, 6.07) is 72.6. The number of hydrogen-bond donors (Lipinski definition) is 0. The van der Waals surface area contributed by atoms with Gasteiger partial charge in [-0.05, 0) is 50.3 Å². The Labute approximate surface area is 458 Å². The number of imidazole rings is 1. The number of pyridine rings is 2. The molecule has 13 aromatic rings. The zero-order valence-corrected chi connectivity index (χ0v) is 46.4. The van der Waals surface area contributed by atoms with Crippen molar-refractivity contribution in [1.82, 2.24) is 19.5 Å². The van der Waals surface area contributed by atoms with E-state index in [0.29, 0.717) is 0 Å². The third kappa shape index (κ3) is 9.17. The summed E-state index contributed by atoms with van der Waals surface area (Å²) in [6.07, 6.45) is 3.84. The van der Waals surface area contributed by atoms with E-state index in [1.54, 1.807) is 6.07 Å². The average molecular weight is 1180 g/mol. The summed E-state index contributed by atoms with van der Waals surface area (Å²) >= 11 is 0. The predicted octanol–water partition coefficient (Wildman–Crippen LogP) is 17.8. The maximum Gasteiger partial charge on any atom is 0.124 e. The van der Waals surface area contributed by atoms with Crippen LogP contribution in [0.15, 0.2) is 211 Å². The van der Waals surface area contributed by atoms with Gasteiger partial charge in [-0.25, -0.2) is 0 Å². The molecule has 1 radical (unpaired) electrons. The van der Waals surface area contributed by atoms with Gasteiger partial charge in [0, 0.05) is 78.7 Å². The summed E-state index contributed by atoms with van der Waals surface area (Å²) in [5.74, 6) is -0.231. The fraction of sp³-hybridized carbons (Fsp3) is 0.103. The average Bonchev–Trinajstić information content (AvgIpc) is 4.24. The van der Waals surface area contributed by atoms with Gasteiger partial charge in [0.1, 0.15) is 5.58 Å². The van der Waals surface area contributed by atoms with Gasteiger partial charge in [0.05, 0.1) is 36.2 Å². The van der Waals surface area contributed by atoms with Crippen molar-refractivity contribution in [2.75, 3.05) is 0 Å². The van der Waals surface area contributed by atoms with Crippen molar-refractivity contribution in [3.05, 3.63) is 236 Å². The van der Waals surface area contributed by atoms with Gasteiger partial charge in [-0.15, -0.1) is 47.5 Å². The predicted molar refractivity (Wildman–Crippen MR) is 312 cm³/mol. The molecule has 0 atom stereocenters. The molecule has 4 aromatic heterocycles. The Kier molecular flexibility index (Phi) is 13.2. The molecule has 0 saturated carbocycles. The molecule has 4 heterocycles. The molecule has 0 spiro atoms. The Bertz CT molecular complexity index is 4320. The van der Waals surface area contributed by atoms with E-state index in [9.17, 15) is 4.39 Å². The molecule has 0 aliphatic carbocycles. The SMILES string of the molecule is Cc1c[c-]c(-c2nc3c4ccccc4c4ccccc4c3n2-c2cc(-c3ccccc3)ccc2-c2ccccc2)c2oc3cc(-c4ccccc4)ncc3c12.[2H]C(C)(C)c1cc(-c2[c-]cc(F)cc2)ncc1[Si](C)(C)C.[Ir]. The standard InChI is InChI=1S/C51H32N3O.C17H21FNSi.Ir/c1-32-25-27-42(50-47(32)43-31-52-44(30-46(43)55-50)35-19-9-4-10-20-35)51-53-48-40-23-13-11-21-38(40)39-22-12-14-24-41(39)49(48)54(51)45-29-36(33-15-5-2-6-16-33)26-28-37(45)34-17-7-3-8-18-34;1-12(2)15-10-16(13-6-8-14(18)9-7-13)19-11-17(15)20(3,4)5;/h2-26,28-31H,1H3;6,8-12H,1-5H3;/q2*-1;/i;12D;. The van der Waals surface area contributed by atoms with Crippen LogP contribution in [0, 0.1) is 24.9 Å². The van der Waals surface area contributed by atoms with E-state index < -0.39 is 14.0 Å². The Balaban J connectivity index is 0.000000243. The van der Waals surface area contributed by atoms with Crippen LogP contribution in [-0.4, -0.2) is 27.6 Å². The number of rotatable bonds is 8. The van der Waals surface area contributed by atoms with Crippen LogP contribution in [0.2, 0.25) is 19.6 Å². The Hall–Kier alpha value is -8.13. The van der Waals surface area contributed by atoms with Crippen molar-refractivity contribution in [2.45, 2.75) is 46.3 Å². The van der Waals surface area contributed by atoms with Crippen molar-refractivity contribution >= 4 is 67.8 Å². The summed E-state index contributed by atoms with van der Waals surface area (Å²) < 4.78 is 30.7. The number of furan rings is 1. The maximum atomic E-state index is 13.0. The molecule has 0 aliphatic heterocycles. The van der Waals surface area contributed by atoms with Crippen LogP contribution in [0.4, 0.5) is 4.39 Å². The Morgan fingerprint density at radius 2 is 1.22 bits per heavy atom. The number of nitrogens with zero attached hydrogens (tertiary/aromatic N) is 4. The molecular weight excluding hydrogens is 1130 g/mol. The molecule has 13 rings (SSSR count). The summed E-state index contributed by atoms with van der Waals surface area (Å²) in [7, 11) is -1.57. The monoisotopic (exact) mass is 1180 g/mol. The first-order chi connectivity index (χ1) is 36.8. The van der Waals surface area contributed by atoms with Crippen LogP contribution in [-0.2, 0) is 20.1 Å². The number of halogens is 1. The van der Waals surface area contributed by atoms with E-state index in [4.69, 9.17) is 15.8 Å². The topological polar surface area (TPSA) is 56.7 Å². The molecule has 0 saturated heterocycles. The minimum absolute atomic E-state index is 0. The first-order valence-corrected chi connectivity index (χ1v) is 28.9. The quantitative estimate of drug-likeness (QED) is 0.0864. The second-order valence-corrected chi connectivity index (χ2v) is 25.4.